The summed E-state index contributed by atoms with van der Waals surface area (Å²) in [4.78, 5) is 42.8. The van der Waals surface area contributed by atoms with Gasteiger partial charge in [-0.3, -0.25) is 4.79 Å². The smallest absolute Gasteiger partial charge is 0.342 e. The van der Waals surface area contributed by atoms with Crippen LogP contribution in [0.3, 0.4) is 0 Å². The van der Waals surface area contributed by atoms with E-state index in [1.165, 1.54) is 30.7 Å². The number of nitrogens with zero attached hydrogens (tertiary/aromatic N) is 1. The van der Waals surface area contributed by atoms with E-state index in [9.17, 15) is 14.4 Å². The van der Waals surface area contributed by atoms with Crippen LogP contribution >= 0.6 is 22.9 Å². The number of thiophene rings is 1. The molecule has 1 atom stereocenters. The van der Waals surface area contributed by atoms with Crippen molar-refractivity contribution in [2.24, 2.45) is 0 Å². The summed E-state index contributed by atoms with van der Waals surface area (Å²) in [5.74, 6) is -1.71. The van der Waals surface area contributed by atoms with Crippen molar-refractivity contribution in [3.63, 3.8) is 0 Å². The van der Waals surface area contributed by atoms with Gasteiger partial charge in [-0.15, -0.1) is 11.3 Å². The Bertz CT molecular complexity index is 975. The molecule has 0 bridgehead atoms. The van der Waals surface area contributed by atoms with Crippen LogP contribution in [0, 0.1) is 0 Å². The number of carbonyl (C=O) groups excluding carboxylic acids is 3. The van der Waals surface area contributed by atoms with Crippen LogP contribution in [0.2, 0.25) is 5.15 Å². The fourth-order valence-corrected chi connectivity index (χ4v) is 5.05. The van der Waals surface area contributed by atoms with E-state index in [1.807, 2.05) is 0 Å². The second kappa shape index (κ2) is 10.7. The van der Waals surface area contributed by atoms with Crippen molar-refractivity contribution in [2.45, 2.75) is 58.0 Å². The van der Waals surface area contributed by atoms with Crippen LogP contribution in [0.15, 0.2) is 18.3 Å². The first-order valence-electron chi connectivity index (χ1n) is 10.3. The number of anilines is 1. The average molecular weight is 465 g/mol. The highest BCUT2D eigenvalue weighted by atomic mass is 35.5. The number of ether oxygens (including phenoxy) is 2. The van der Waals surface area contributed by atoms with Gasteiger partial charge in [-0.05, 0) is 49.8 Å². The molecule has 1 aliphatic carbocycles. The van der Waals surface area contributed by atoms with Gasteiger partial charge in [0.2, 0.25) is 0 Å². The Morgan fingerprint density at radius 1 is 1.19 bits per heavy atom. The van der Waals surface area contributed by atoms with Gasteiger partial charge in [0, 0.05) is 11.1 Å². The number of nitrogens with one attached hydrogen (secondary N) is 1. The van der Waals surface area contributed by atoms with Crippen molar-refractivity contribution in [1.82, 2.24) is 4.98 Å². The first kappa shape index (κ1) is 23.2. The van der Waals surface area contributed by atoms with Crippen LogP contribution < -0.4 is 5.32 Å². The molecule has 0 saturated carbocycles. The SMILES string of the molecule is CCC(OC(=O)c1cccnc1Cl)C(=O)Nc1sc2c(c1C(=O)OC)CCCCCC2. The first-order valence-corrected chi connectivity index (χ1v) is 11.5. The monoisotopic (exact) mass is 464 g/mol. The summed E-state index contributed by atoms with van der Waals surface area (Å²) in [6.07, 6.45) is 6.61. The maximum atomic E-state index is 12.9. The number of methoxy groups -OCH3 is 1. The third kappa shape index (κ3) is 5.43. The zero-order valence-corrected chi connectivity index (χ0v) is 19.1. The fourth-order valence-electron chi connectivity index (χ4n) is 3.57. The second-order valence-corrected chi connectivity index (χ2v) is 8.71. The maximum absolute atomic E-state index is 12.9. The lowest BCUT2D eigenvalue weighted by Crippen LogP contribution is -2.32. The molecule has 9 heteroatoms. The van der Waals surface area contributed by atoms with Gasteiger partial charge in [-0.2, -0.15) is 0 Å². The minimum Gasteiger partial charge on any atom is -0.465 e. The van der Waals surface area contributed by atoms with Crippen molar-refractivity contribution < 1.29 is 23.9 Å². The number of aromatic nitrogens is 1. The van der Waals surface area contributed by atoms with E-state index in [0.29, 0.717) is 10.6 Å². The van der Waals surface area contributed by atoms with Crippen LogP contribution in [-0.2, 0) is 27.1 Å². The molecule has 0 fully saturated rings. The molecule has 2 aromatic rings. The van der Waals surface area contributed by atoms with Gasteiger partial charge in [-0.1, -0.05) is 31.4 Å². The van der Waals surface area contributed by atoms with Crippen molar-refractivity contribution >= 4 is 45.8 Å². The lowest BCUT2D eigenvalue weighted by Gasteiger charge is -2.16. The minimum atomic E-state index is -1.04. The van der Waals surface area contributed by atoms with E-state index in [0.717, 1.165) is 49.0 Å². The zero-order chi connectivity index (χ0) is 22.4. The Kier molecular flexibility index (Phi) is 8.03. The molecule has 7 nitrogen and oxygen atoms in total. The predicted molar refractivity (Wildman–Crippen MR) is 119 cm³/mol. The van der Waals surface area contributed by atoms with Crippen LogP contribution in [-0.4, -0.2) is 36.0 Å². The number of fused-ring (bicyclic) bond motifs is 1. The predicted octanol–water partition coefficient (Wildman–Crippen LogP) is 4.82. The number of aryl methyl sites for hydroxylation is 1. The van der Waals surface area contributed by atoms with E-state index in [4.69, 9.17) is 21.1 Å². The summed E-state index contributed by atoms with van der Waals surface area (Å²) in [5, 5.41) is 3.25. The number of halogens is 1. The van der Waals surface area contributed by atoms with E-state index in [2.05, 4.69) is 10.3 Å². The topological polar surface area (TPSA) is 94.6 Å². The van der Waals surface area contributed by atoms with Crippen LogP contribution in [0.5, 0.6) is 0 Å². The van der Waals surface area contributed by atoms with Crippen molar-refractivity contribution in [3.8, 4) is 0 Å². The van der Waals surface area contributed by atoms with Crippen LogP contribution in [0.25, 0.3) is 0 Å². The van der Waals surface area contributed by atoms with Gasteiger partial charge in [-0.25, -0.2) is 14.6 Å². The molecule has 1 unspecified atom stereocenters. The highest BCUT2D eigenvalue weighted by molar-refractivity contribution is 7.17. The van der Waals surface area contributed by atoms with Gasteiger partial charge in [0.05, 0.1) is 18.2 Å². The summed E-state index contributed by atoms with van der Waals surface area (Å²) >= 11 is 7.35. The molecule has 1 amide bonds. The normalized spacial score (nSPS) is 14.5. The number of hydrogen-bond donors (Lipinski definition) is 1. The zero-order valence-electron chi connectivity index (χ0n) is 17.5. The number of hydrogen-bond acceptors (Lipinski definition) is 7. The van der Waals surface area contributed by atoms with Gasteiger partial charge in [0.1, 0.15) is 10.2 Å². The number of carbonyl (C=O) groups is 3. The molecule has 0 aromatic carbocycles. The van der Waals surface area contributed by atoms with Crippen molar-refractivity contribution in [2.75, 3.05) is 12.4 Å². The molecule has 31 heavy (non-hydrogen) atoms. The van der Waals surface area contributed by atoms with Gasteiger partial charge < -0.3 is 14.8 Å². The van der Waals surface area contributed by atoms with Crippen molar-refractivity contribution in [3.05, 3.63) is 45.1 Å². The molecule has 0 aliphatic heterocycles. The summed E-state index contributed by atoms with van der Waals surface area (Å²) in [5.41, 5.74) is 1.46. The van der Waals surface area contributed by atoms with E-state index in [1.54, 1.807) is 13.0 Å². The molecule has 166 valence electrons. The third-order valence-electron chi connectivity index (χ3n) is 5.19. The lowest BCUT2D eigenvalue weighted by molar-refractivity contribution is -0.124. The Labute approximate surface area is 190 Å². The average Bonchev–Trinajstić information content (AvgIpc) is 3.07. The molecule has 2 heterocycles. The highest BCUT2D eigenvalue weighted by Gasteiger charge is 2.29. The van der Waals surface area contributed by atoms with Crippen molar-refractivity contribution in [1.29, 1.82) is 0 Å². The molecule has 3 rings (SSSR count). The standard InChI is InChI=1S/C22H25ClN2O5S/c1-3-15(30-21(27)14-10-8-12-24-18(14)23)19(26)25-20-17(22(28)29-2)13-9-6-4-5-7-11-16(13)31-20/h8,10,12,15H,3-7,9,11H2,1-2H3,(H,25,26). The Balaban J connectivity index is 1.82. The number of rotatable bonds is 6. The van der Waals surface area contributed by atoms with Crippen LogP contribution in [0.1, 0.15) is 70.2 Å². The third-order valence-corrected chi connectivity index (χ3v) is 6.70. The Morgan fingerprint density at radius 2 is 1.94 bits per heavy atom. The lowest BCUT2D eigenvalue weighted by atomic mass is 9.96. The maximum Gasteiger partial charge on any atom is 0.342 e. The summed E-state index contributed by atoms with van der Waals surface area (Å²) in [6, 6.07) is 3.05. The molecule has 0 saturated heterocycles. The Hall–Kier alpha value is -2.45. The highest BCUT2D eigenvalue weighted by Crippen LogP contribution is 2.37. The summed E-state index contributed by atoms with van der Waals surface area (Å²) in [7, 11) is 1.33. The largest absolute Gasteiger partial charge is 0.465 e. The first-order chi connectivity index (χ1) is 15.0. The molecule has 0 radical (unpaired) electrons. The molecular weight excluding hydrogens is 440 g/mol. The molecule has 2 aromatic heterocycles. The van der Waals surface area contributed by atoms with Gasteiger partial charge in [0.15, 0.2) is 6.10 Å². The van der Waals surface area contributed by atoms with E-state index < -0.39 is 23.9 Å². The minimum absolute atomic E-state index is 0.00815. The van der Waals surface area contributed by atoms with E-state index in [-0.39, 0.29) is 17.1 Å². The number of amides is 1. The summed E-state index contributed by atoms with van der Waals surface area (Å²) < 4.78 is 10.4. The second-order valence-electron chi connectivity index (χ2n) is 7.25. The molecular formula is C22H25ClN2O5S. The quantitative estimate of drug-likeness (QED) is 0.486. The van der Waals surface area contributed by atoms with E-state index >= 15 is 0 Å². The van der Waals surface area contributed by atoms with Gasteiger partial charge in [0.25, 0.3) is 5.91 Å². The molecule has 0 spiro atoms. The molecule has 1 N–H and O–H groups in total. The fraction of sp³-hybridized carbons (Fsp3) is 0.455. The number of pyridine rings is 1. The number of esters is 2. The Morgan fingerprint density at radius 3 is 2.61 bits per heavy atom. The van der Waals surface area contributed by atoms with Crippen LogP contribution in [0.4, 0.5) is 5.00 Å². The summed E-state index contributed by atoms with van der Waals surface area (Å²) in [6.45, 7) is 1.73. The van der Waals surface area contributed by atoms with Gasteiger partial charge >= 0.3 is 11.9 Å². The molecule has 1 aliphatic rings.